The molecule has 37 heavy (non-hydrogen) atoms. The molecule has 190 valence electrons. The monoisotopic (exact) mass is 515 g/mol. The third-order valence-corrected chi connectivity index (χ3v) is 6.32. The molecule has 0 bridgehead atoms. The first kappa shape index (κ1) is 26.0. The van der Waals surface area contributed by atoms with E-state index < -0.39 is 0 Å². The Balaban J connectivity index is 1.43. The molecule has 9 heteroatoms. The highest BCUT2D eigenvalue weighted by Crippen LogP contribution is 2.23. The van der Waals surface area contributed by atoms with Crippen LogP contribution in [-0.2, 0) is 22.6 Å². The predicted octanol–water partition coefficient (Wildman–Crippen LogP) is 4.56. The fourth-order valence-electron chi connectivity index (χ4n) is 3.68. The minimum absolute atomic E-state index is 0.103. The summed E-state index contributed by atoms with van der Waals surface area (Å²) in [5.41, 5.74) is 3.58. The maximum Gasteiger partial charge on any atom is 0.234 e. The molecule has 1 aromatic heterocycles. The lowest BCUT2D eigenvalue weighted by atomic mass is 10.1. The second-order valence-corrected chi connectivity index (χ2v) is 9.25. The van der Waals surface area contributed by atoms with Crippen molar-refractivity contribution >= 4 is 29.3 Å². The number of aromatic nitrogens is 3. The van der Waals surface area contributed by atoms with Gasteiger partial charge in [-0.2, -0.15) is 0 Å². The van der Waals surface area contributed by atoms with Crippen molar-refractivity contribution in [3.8, 4) is 11.4 Å². The summed E-state index contributed by atoms with van der Waals surface area (Å²) in [4.78, 5) is 25.1. The minimum atomic E-state index is -0.161. The zero-order valence-electron chi connectivity index (χ0n) is 20.8. The van der Waals surface area contributed by atoms with Crippen LogP contribution in [0.25, 0.3) is 5.69 Å². The molecule has 2 amide bonds. The van der Waals surface area contributed by atoms with Gasteiger partial charge in [-0.3, -0.25) is 14.2 Å². The summed E-state index contributed by atoms with van der Waals surface area (Å²) in [6.45, 7) is 4.73. The smallest absolute Gasteiger partial charge is 0.234 e. The summed E-state index contributed by atoms with van der Waals surface area (Å²) in [6.07, 6.45) is 0.284. The van der Waals surface area contributed by atoms with Gasteiger partial charge in [-0.15, -0.1) is 10.2 Å². The van der Waals surface area contributed by atoms with E-state index in [1.54, 1.807) is 12.1 Å². The van der Waals surface area contributed by atoms with Crippen LogP contribution in [0.2, 0.25) is 0 Å². The van der Waals surface area contributed by atoms with Gasteiger partial charge in [0.1, 0.15) is 5.75 Å². The van der Waals surface area contributed by atoms with Gasteiger partial charge in [0.2, 0.25) is 11.8 Å². The van der Waals surface area contributed by atoms with Crippen LogP contribution in [0.15, 0.2) is 84.0 Å². The Kier molecular flexibility index (Phi) is 8.93. The van der Waals surface area contributed by atoms with Crippen LogP contribution < -0.4 is 15.4 Å². The third kappa shape index (κ3) is 7.44. The first-order valence-electron chi connectivity index (χ1n) is 12.0. The molecular weight excluding hydrogens is 486 g/mol. The van der Waals surface area contributed by atoms with Gasteiger partial charge in [0, 0.05) is 11.4 Å². The number of nitrogens with one attached hydrogen (secondary N) is 2. The molecule has 2 N–H and O–H groups in total. The molecule has 4 aromatic rings. The molecule has 0 aliphatic rings. The first-order valence-corrected chi connectivity index (χ1v) is 13.0. The van der Waals surface area contributed by atoms with E-state index in [4.69, 9.17) is 4.74 Å². The SMILES string of the molecule is CCOc1ccc(NC(=O)CSc2nnc(CNC(=O)Cc3ccccc3)n2-c2cccc(C)c2)cc1. The number of ether oxygens (including phenoxy) is 1. The molecule has 4 rings (SSSR count). The van der Waals surface area contributed by atoms with E-state index in [1.807, 2.05) is 85.1 Å². The summed E-state index contributed by atoms with van der Waals surface area (Å²) in [5, 5.41) is 15.0. The number of hydrogen-bond donors (Lipinski definition) is 2. The van der Waals surface area contributed by atoms with E-state index >= 15 is 0 Å². The number of aryl methyl sites for hydroxylation is 1. The van der Waals surface area contributed by atoms with E-state index in [1.165, 1.54) is 11.8 Å². The summed E-state index contributed by atoms with van der Waals surface area (Å²) in [6, 6.07) is 24.8. The van der Waals surface area contributed by atoms with Gasteiger partial charge in [-0.05, 0) is 61.4 Å². The average Bonchev–Trinajstić information content (AvgIpc) is 3.31. The molecule has 0 fully saturated rings. The molecular formula is C28H29N5O3S. The standard InChI is InChI=1S/C28H29N5O3S/c1-3-36-24-14-12-22(13-15-24)30-27(35)19-37-28-32-31-25(33(28)23-11-7-8-20(2)16-23)18-29-26(34)17-21-9-5-4-6-10-21/h4-16H,3,17-19H2,1-2H3,(H,29,34)(H,30,35). The number of benzene rings is 3. The topological polar surface area (TPSA) is 98.1 Å². The highest BCUT2D eigenvalue weighted by Gasteiger charge is 2.17. The van der Waals surface area contributed by atoms with Crippen molar-refractivity contribution in [1.29, 1.82) is 0 Å². The van der Waals surface area contributed by atoms with E-state index in [0.717, 1.165) is 22.6 Å². The fourth-order valence-corrected chi connectivity index (χ4v) is 4.46. The van der Waals surface area contributed by atoms with Gasteiger partial charge >= 0.3 is 0 Å². The number of rotatable bonds is 11. The van der Waals surface area contributed by atoms with Crippen LogP contribution in [0.3, 0.4) is 0 Å². The zero-order valence-corrected chi connectivity index (χ0v) is 21.6. The molecule has 0 radical (unpaired) electrons. The molecule has 0 aliphatic carbocycles. The van der Waals surface area contributed by atoms with E-state index in [-0.39, 0.29) is 30.5 Å². The second-order valence-electron chi connectivity index (χ2n) is 8.31. The Hall–Kier alpha value is -4.11. The lowest BCUT2D eigenvalue weighted by Gasteiger charge is -2.12. The van der Waals surface area contributed by atoms with Crippen molar-refractivity contribution in [2.45, 2.75) is 32.0 Å². The predicted molar refractivity (Wildman–Crippen MR) is 145 cm³/mol. The minimum Gasteiger partial charge on any atom is -0.494 e. The molecule has 8 nitrogen and oxygen atoms in total. The summed E-state index contributed by atoms with van der Waals surface area (Å²) >= 11 is 1.28. The highest BCUT2D eigenvalue weighted by molar-refractivity contribution is 7.99. The number of amides is 2. The summed E-state index contributed by atoms with van der Waals surface area (Å²) in [7, 11) is 0. The summed E-state index contributed by atoms with van der Waals surface area (Å²) < 4.78 is 7.32. The molecule has 0 atom stereocenters. The van der Waals surface area contributed by atoms with Crippen LogP contribution in [-0.4, -0.2) is 38.9 Å². The van der Waals surface area contributed by atoms with E-state index in [9.17, 15) is 9.59 Å². The van der Waals surface area contributed by atoms with Gasteiger partial charge in [-0.1, -0.05) is 54.2 Å². The van der Waals surface area contributed by atoms with Gasteiger partial charge in [0.25, 0.3) is 0 Å². The molecule has 1 heterocycles. The maximum atomic E-state index is 12.6. The van der Waals surface area contributed by atoms with E-state index in [0.29, 0.717) is 23.3 Å². The Morgan fingerprint density at radius 2 is 1.73 bits per heavy atom. The fraction of sp³-hybridized carbons (Fsp3) is 0.214. The highest BCUT2D eigenvalue weighted by atomic mass is 32.2. The Bertz CT molecular complexity index is 1340. The number of thioether (sulfide) groups is 1. The van der Waals surface area contributed by atoms with Gasteiger partial charge in [0.05, 0.1) is 25.3 Å². The lowest BCUT2D eigenvalue weighted by Crippen LogP contribution is -2.26. The van der Waals surface area contributed by atoms with Crippen molar-refractivity contribution in [2.24, 2.45) is 0 Å². The van der Waals surface area contributed by atoms with Crippen LogP contribution in [0.4, 0.5) is 5.69 Å². The lowest BCUT2D eigenvalue weighted by molar-refractivity contribution is -0.120. The van der Waals surface area contributed by atoms with Crippen molar-refractivity contribution in [3.63, 3.8) is 0 Å². The van der Waals surface area contributed by atoms with Crippen molar-refractivity contribution in [3.05, 3.63) is 95.8 Å². The quantitative estimate of drug-likeness (QED) is 0.284. The molecule has 0 saturated carbocycles. The average molecular weight is 516 g/mol. The van der Waals surface area contributed by atoms with Crippen LogP contribution >= 0.6 is 11.8 Å². The number of anilines is 1. The molecule has 0 aliphatic heterocycles. The van der Waals surface area contributed by atoms with Crippen molar-refractivity contribution in [1.82, 2.24) is 20.1 Å². The second kappa shape index (κ2) is 12.7. The van der Waals surface area contributed by atoms with Crippen molar-refractivity contribution < 1.29 is 14.3 Å². The number of nitrogens with zero attached hydrogens (tertiary/aromatic N) is 3. The van der Waals surface area contributed by atoms with Gasteiger partial charge in [-0.25, -0.2) is 0 Å². The van der Waals surface area contributed by atoms with E-state index in [2.05, 4.69) is 20.8 Å². The van der Waals surface area contributed by atoms with Crippen molar-refractivity contribution in [2.75, 3.05) is 17.7 Å². The largest absolute Gasteiger partial charge is 0.494 e. The molecule has 0 saturated heterocycles. The zero-order chi connectivity index (χ0) is 26.0. The Labute approximate surface area is 220 Å². The van der Waals surface area contributed by atoms with Crippen LogP contribution in [0, 0.1) is 6.92 Å². The number of hydrogen-bond acceptors (Lipinski definition) is 6. The first-order chi connectivity index (χ1) is 18.0. The van der Waals surface area contributed by atoms with Crippen LogP contribution in [0.5, 0.6) is 5.75 Å². The Morgan fingerprint density at radius 1 is 0.946 bits per heavy atom. The molecule has 0 spiro atoms. The maximum absolute atomic E-state index is 12.6. The summed E-state index contributed by atoms with van der Waals surface area (Å²) in [5.74, 6) is 1.22. The van der Waals surface area contributed by atoms with Crippen LogP contribution in [0.1, 0.15) is 23.9 Å². The number of carbonyl (C=O) groups excluding carboxylic acids is 2. The third-order valence-electron chi connectivity index (χ3n) is 5.39. The normalized spacial score (nSPS) is 10.6. The number of carbonyl (C=O) groups is 2. The van der Waals surface area contributed by atoms with Gasteiger partial charge < -0.3 is 15.4 Å². The Morgan fingerprint density at radius 3 is 2.46 bits per heavy atom. The van der Waals surface area contributed by atoms with Gasteiger partial charge in [0.15, 0.2) is 11.0 Å². The molecule has 0 unspecified atom stereocenters. The molecule has 3 aromatic carbocycles.